The molecule has 4 aliphatic rings. The highest BCUT2D eigenvalue weighted by molar-refractivity contribution is 7.80. The number of carbonyl (C=O) groups excluding carboxylic acids is 4. The van der Waals surface area contributed by atoms with E-state index in [0.717, 1.165) is 87.6 Å². The number of nitrogens with zero attached hydrogens (tertiary/aromatic N) is 7. The van der Waals surface area contributed by atoms with Gasteiger partial charge in [0, 0.05) is 50.1 Å². The second-order valence-corrected chi connectivity index (χ2v) is 18.4. The molecule has 0 radical (unpaired) electrons. The van der Waals surface area contributed by atoms with Gasteiger partial charge >= 0.3 is 6.18 Å². The van der Waals surface area contributed by atoms with Crippen molar-refractivity contribution in [2.75, 3.05) is 36.4 Å². The number of hydrogen-bond acceptors (Lipinski definition) is 9. The van der Waals surface area contributed by atoms with E-state index in [1.165, 1.54) is 11.0 Å². The van der Waals surface area contributed by atoms with E-state index in [1.54, 1.807) is 24.6 Å². The molecule has 2 saturated heterocycles. The van der Waals surface area contributed by atoms with Crippen LogP contribution >= 0.6 is 12.2 Å². The van der Waals surface area contributed by atoms with Gasteiger partial charge in [-0.2, -0.15) is 23.5 Å². The van der Waals surface area contributed by atoms with Crippen molar-refractivity contribution in [3.8, 4) is 6.07 Å². The molecule has 326 valence electrons. The van der Waals surface area contributed by atoms with Crippen LogP contribution in [-0.2, 0) is 32.4 Å². The Hall–Kier alpha value is -4.72. The molecule has 2 saturated carbocycles. The predicted molar refractivity (Wildman–Crippen MR) is 230 cm³/mol. The van der Waals surface area contributed by atoms with Gasteiger partial charge in [0.2, 0.25) is 5.91 Å². The van der Waals surface area contributed by atoms with E-state index in [-0.39, 0.29) is 65.3 Å². The molecule has 2 aliphatic heterocycles. The number of alkyl halides is 3. The van der Waals surface area contributed by atoms with Gasteiger partial charge in [0.1, 0.15) is 17.1 Å². The highest BCUT2D eigenvalue weighted by atomic mass is 32.1. The van der Waals surface area contributed by atoms with Gasteiger partial charge in [-0.15, -0.1) is 0 Å². The van der Waals surface area contributed by atoms with Crippen LogP contribution in [0, 0.1) is 17.2 Å². The third-order valence-corrected chi connectivity index (χ3v) is 13.8. The van der Waals surface area contributed by atoms with Gasteiger partial charge < -0.3 is 15.1 Å². The molecule has 16 heteroatoms. The molecule has 1 N–H and O–H groups in total. The normalized spacial score (nSPS) is 25.4. The number of anilines is 2. The molecule has 0 spiro atoms. The Bertz CT molecular complexity index is 2250. The number of aryl methyl sites for hydroxylation is 1. The van der Waals surface area contributed by atoms with Crippen molar-refractivity contribution in [2.45, 2.75) is 128 Å². The molecule has 1 aromatic heterocycles. The Morgan fingerprint density at radius 3 is 2.38 bits per heavy atom. The van der Waals surface area contributed by atoms with Gasteiger partial charge in [-0.05, 0) is 115 Å². The third kappa shape index (κ3) is 8.97. The molecule has 4 fully saturated rings. The largest absolute Gasteiger partial charge is 0.417 e. The summed E-state index contributed by atoms with van der Waals surface area (Å²) in [6.07, 6.45) is 2.92. The molecule has 1 unspecified atom stereocenters. The number of aromatic nitrogens is 2. The number of rotatable bonds is 11. The fourth-order valence-electron chi connectivity index (χ4n) is 10.3. The first-order chi connectivity index (χ1) is 28.9. The topological polar surface area (TPSA) is 135 Å². The molecule has 3 heterocycles. The fourth-order valence-corrected chi connectivity index (χ4v) is 10.9. The highest BCUT2D eigenvalue weighted by Gasteiger charge is 2.52. The van der Waals surface area contributed by atoms with Crippen LogP contribution in [0.3, 0.4) is 0 Å². The van der Waals surface area contributed by atoms with Crippen molar-refractivity contribution in [1.82, 2.24) is 24.5 Å². The summed E-state index contributed by atoms with van der Waals surface area (Å²) in [6.45, 7) is 10.8. The minimum Gasteiger partial charge on any atom is -0.331 e. The zero-order chi connectivity index (χ0) is 44.0. The fraction of sp³-hybridized carbons (Fsp3) is 0.578. The molecule has 3 aromatic rings. The number of fused-ring (bicyclic) bond motifs is 1. The van der Waals surface area contributed by atoms with E-state index in [1.807, 2.05) is 30.1 Å². The van der Waals surface area contributed by atoms with Crippen molar-refractivity contribution in [3.05, 3.63) is 53.2 Å². The lowest BCUT2D eigenvalue weighted by atomic mass is 9.81. The van der Waals surface area contributed by atoms with Gasteiger partial charge in [0.15, 0.2) is 5.11 Å². The first-order valence-corrected chi connectivity index (χ1v) is 21.9. The summed E-state index contributed by atoms with van der Waals surface area (Å²) in [5, 5.41) is 18.1. The highest BCUT2D eigenvalue weighted by Crippen LogP contribution is 2.42. The number of carbonyl (C=O) groups is 4. The number of nitriles is 1. The minimum absolute atomic E-state index is 0.00143. The van der Waals surface area contributed by atoms with E-state index in [0.29, 0.717) is 30.1 Å². The Labute approximate surface area is 360 Å². The van der Waals surface area contributed by atoms with Gasteiger partial charge in [-0.1, -0.05) is 25.0 Å². The van der Waals surface area contributed by atoms with E-state index in [9.17, 15) is 37.6 Å². The van der Waals surface area contributed by atoms with Crippen molar-refractivity contribution >= 4 is 63.0 Å². The zero-order valence-electron chi connectivity index (χ0n) is 35.6. The van der Waals surface area contributed by atoms with Gasteiger partial charge in [-0.3, -0.25) is 33.7 Å². The van der Waals surface area contributed by atoms with Crippen LogP contribution in [0.1, 0.15) is 115 Å². The minimum atomic E-state index is -4.75. The second-order valence-electron chi connectivity index (χ2n) is 18.0. The number of thiocarbonyl (C=S) groups is 1. The van der Waals surface area contributed by atoms with Crippen molar-refractivity contribution < 1.29 is 32.3 Å². The smallest absolute Gasteiger partial charge is 0.331 e. The third-order valence-electron chi connectivity index (χ3n) is 13.4. The number of ketones is 2. The molecule has 12 nitrogen and oxygen atoms in total. The van der Waals surface area contributed by atoms with Crippen LogP contribution in [0.25, 0.3) is 10.9 Å². The Balaban J connectivity index is 0.861. The average Bonchev–Trinajstić information content (AvgIpc) is 3.62. The summed E-state index contributed by atoms with van der Waals surface area (Å²) in [6, 6.07) is 10.9. The lowest BCUT2D eigenvalue weighted by Crippen LogP contribution is -2.58. The standard InChI is InChI=1S/C45H55F3N8O4S/c1-27-24-53(25-28(2)54(27)26-39(59)50-37-11-8-10-35-40(51-52(5)41(35)37)34-19-18-33(57)22-38(34)58)20-7-6-9-29-12-15-31(16-13-29)56-43(61)55(42(60)44(56,3)4)32-17-14-30(23-49)36(21-32)45(46,47)48/h8,10-11,14,17,21,27-29,31,34H,6-7,9,12-13,15-16,18-20,22,24-26H2,1-5H3,(H,50,59)/t27-,28+,29?,31?,34?. The summed E-state index contributed by atoms with van der Waals surface area (Å²) in [5.41, 5.74) is -0.536. The van der Waals surface area contributed by atoms with E-state index in [2.05, 4.69) is 34.1 Å². The average molecular weight is 861 g/mol. The van der Waals surface area contributed by atoms with Gasteiger partial charge in [0.05, 0.1) is 58.7 Å². The first kappa shape index (κ1) is 44.3. The van der Waals surface area contributed by atoms with Crippen LogP contribution in [0.2, 0.25) is 0 Å². The Morgan fingerprint density at radius 1 is 1.02 bits per heavy atom. The number of halogens is 3. The number of Topliss-reactive ketones (excluding diaryl/α,β-unsaturated/α-hetero) is 2. The SMILES string of the molecule is C[C@@H]1CN(CCCCC2CCC(N3C(=S)N(c4ccc(C#N)c(C(F)(F)F)c4)C(=O)C3(C)C)CC2)C[C@H](C)N1CC(=O)Nc1cccc2c(C3CCC(=O)CC3=O)nn(C)c12. The first-order valence-electron chi connectivity index (χ1n) is 21.5. The van der Waals surface area contributed by atoms with E-state index in [4.69, 9.17) is 12.2 Å². The molecular weight excluding hydrogens is 806 g/mol. The molecular formula is C45H55F3N8O4S. The zero-order valence-corrected chi connectivity index (χ0v) is 36.4. The van der Waals surface area contributed by atoms with E-state index < -0.39 is 28.8 Å². The molecule has 2 aromatic carbocycles. The Morgan fingerprint density at radius 2 is 1.72 bits per heavy atom. The summed E-state index contributed by atoms with van der Waals surface area (Å²) in [5.74, 6) is -0.492. The molecule has 7 rings (SSSR count). The van der Waals surface area contributed by atoms with Crippen LogP contribution in [0.5, 0.6) is 0 Å². The lowest BCUT2D eigenvalue weighted by Gasteiger charge is -2.44. The van der Waals surface area contributed by atoms with Crippen molar-refractivity contribution in [2.24, 2.45) is 13.0 Å². The summed E-state index contributed by atoms with van der Waals surface area (Å²) >= 11 is 5.78. The maximum atomic E-state index is 13.8. The number of nitrogens with one attached hydrogen (secondary N) is 1. The quantitative estimate of drug-likeness (QED) is 0.119. The molecule has 2 aliphatic carbocycles. The lowest BCUT2D eigenvalue weighted by molar-refractivity contribution is -0.138. The van der Waals surface area contributed by atoms with E-state index >= 15 is 0 Å². The summed E-state index contributed by atoms with van der Waals surface area (Å²) in [4.78, 5) is 59.6. The van der Waals surface area contributed by atoms with Crippen molar-refractivity contribution in [1.29, 1.82) is 5.26 Å². The van der Waals surface area contributed by atoms with Crippen LogP contribution in [0.15, 0.2) is 36.4 Å². The predicted octanol–water partition coefficient (Wildman–Crippen LogP) is 7.34. The number of piperazine rings is 1. The number of para-hydroxylation sites is 1. The maximum Gasteiger partial charge on any atom is 0.417 e. The number of amides is 2. The van der Waals surface area contributed by atoms with Crippen LogP contribution in [-0.4, -0.2) is 103 Å². The number of hydrogen-bond donors (Lipinski definition) is 1. The van der Waals surface area contributed by atoms with Crippen LogP contribution < -0.4 is 10.2 Å². The molecule has 61 heavy (non-hydrogen) atoms. The Kier molecular flexibility index (Phi) is 12.8. The number of unbranched alkanes of at least 4 members (excludes halogenated alkanes) is 1. The second kappa shape index (κ2) is 17.6. The maximum absolute atomic E-state index is 13.8. The number of benzene rings is 2. The molecule has 0 bridgehead atoms. The van der Waals surface area contributed by atoms with Gasteiger partial charge in [0.25, 0.3) is 5.91 Å². The van der Waals surface area contributed by atoms with Gasteiger partial charge in [-0.25, -0.2) is 0 Å². The summed E-state index contributed by atoms with van der Waals surface area (Å²) < 4.78 is 43.0. The molecule has 3 atom stereocenters. The molecule has 2 amide bonds. The van der Waals surface area contributed by atoms with Crippen molar-refractivity contribution in [3.63, 3.8) is 0 Å². The monoisotopic (exact) mass is 860 g/mol. The summed E-state index contributed by atoms with van der Waals surface area (Å²) in [7, 11) is 1.81. The van der Waals surface area contributed by atoms with Crippen LogP contribution in [0.4, 0.5) is 24.5 Å².